The maximum Gasteiger partial charge on any atom is 0.161 e. The van der Waals surface area contributed by atoms with Gasteiger partial charge in [0, 0.05) is 44.5 Å². The second-order valence-corrected chi connectivity index (χ2v) is 9.40. The van der Waals surface area contributed by atoms with Crippen LogP contribution in [-0.4, -0.2) is 74.6 Å². The summed E-state index contributed by atoms with van der Waals surface area (Å²) in [6, 6.07) is 18.8. The number of aliphatic hydroxyl groups excluding tert-OH is 1. The van der Waals surface area contributed by atoms with Crippen molar-refractivity contribution in [3.63, 3.8) is 0 Å². The van der Waals surface area contributed by atoms with Crippen LogP contribution >= 0.6 is 0 Å². The van der Waals surface area contributed by atoms with Crippen molar-refractivity contribution in [1.29, 1.82) is 0 Å². The summed E-state index contributed by atoms with van der Waals surface area (Å²) >= 11 is 0. The number of rotatable bonds is 15. The summed E-state index contributed by atoms with van der Waals surface area (Å²) in [4.78, 5) is 5.08. The molecule has 2 aromatic rings. The molecular formula is C28H43N3O3. The second-order valence-electron chi connectivity index (χ2n) is 9.40. The third-order valence-corrected chi connectivity index (χ3v) is 6.16. The van der Waals surface area contributed by atoms with Crippen molar-refractivity contribution in [1.82, 2.24) is 10.2 Å². The molecule has 2 aromatic carbocycles. The quantitative estimate of drug-likeness (QED) is 0.382. The molecule has 1 atom stereocenters. The van der Waals surface area contributed by atoms with Crippen LogP contribution in [-0.2, 0) is 0 Å². The number of hydrogen-bond donors (Lipinski definition) is 2. The lowest BCUT2D eigenvalue weighted by molar-refractivity contribution is 0.102. The van der Waals surface area contributed by atoms with Gasteiger partial charge in [-0.1, -0.05) is 57.0 Å². The standard InChI is InChI=1S/C28H43N3O3/c1-24(2)29-22-26(32)23-34-28-15-9-8-14-27(28)33-21-11-4-3-10-16-30-17-19-31(20-18-30)25-12-6-5-7-13-25/h5-9,12-15,24,26,29,32H,3-4,10-11,16-23H2,1-2H3. The van der Waals surface area contributed by atoms with E-state index in [1.54, 1.807) is 0 Å². The molecule has 6 heteroatoms. The van der Waals surface area contributed by atoms with Crippen LogP contribution < -0.4 is 19.7 Å². The first-order chi connectivity index (χ1) is 16.6. The Morgan fingerprint density at radius 3 is 2.18 bits per heavy atom. The first-order valence-corrected chi connectivity index (χ1v) is 12.9. The third-order valence-electron chi connectivity index (χ3n) is 6.16. The van der Waals surface area contributed by atoms with Gasteiger partial charge in [0.25, 0.3) is 0 Å². The minimum atomic E-state index is -0.545. The molecule has 34 heavy (non-hydrogen) atoms. The number of ether oxygens (including phenoxy) is 2. The molecule has 6 nitrogen and oxygen atoms in total. The van der Waals surface area contributed by atoms with Crippen molar-refractivity contribution >= 4 is 5.69 Å². The van der Waals surface area contributed by atoms with Crippen LogP contribution in [0.2, 0.25) is 0 Å². The topological polar surface area (TPSA) is 57.2 Å². The predicted octanol–water partition coefficient (Wildman–Crippen LogP) is 4.19. The van der Waals surface area contributed by atoms with Gasteiger partial charge in [0.05, 0.1) is 6.61 Å². The molecule has 0 aromatic heterocycles. The highest BCUT2D eigenvalue weighted by Gasteiger charge is 2.16. The monoisotopic (exact) mass is 469 g/mol. The lowest BCUT2D eigenvalue weighted by atomic mass is 10.2. The minimum Gasteiger partial charge on any atom is -0.490 e. The predicted molar refractivity (Wildman–Crippen MR) is 140 cm³/mol. The minimum absolute atomic E-state index is 0.250. The molecule has 0 amide bonds. The van der Waals surface area contributed by atoms with E-state index in [-0.39, 0.29) is 6.61 Å². The van der Waals surface area contributed by atoms with Crippen LogP contribution in [0.3, 0.4) is 0 Å². The van der Waals surface area contributed by atoms with Gasteiger partial charge in [-0.3, -0.25) is 4.90 Å². The Labute approximate surface area is 205 Å². The van der Waals surface area contributed by atoms with E-state index in [0.29, 0.717) is 24.9 Å². The summed E-state index contributed by atoms with van der Waals surface area (Å²) in [5, 5.41) is 13.3. The Morgan fingerprint density at radius 1 is 0.824 bits per heavy atom. The second kappa shape index (κ2) is 14.9. The average Bonchev–Trinajstić information content (AvgIpc) is 2.87. The highest BCUT2D eigenvalue weighted by Crippen LogP contribution is 2.27. The van der Waals surface area contributed by atoms with Crippen molar-refractivity contribution < 1.29 is 14.6 Å². The van der Waals surface area contributed by atoms with Gasteiger partial charge in [-0.2, -0.15) is 0 Å². The molecule has 0 bridgehead atoms. The van der Waals surface area contributed by atoms with Gasteiger partial charge in [0.2, 0.25) is 0 Å². The fourth-order valence-corrected chi connectivity index (χ4v) is 4.15. The van der Waals surface area contributed by atoms with E-state index in [4.69, 9.17) is 9.47 Å². The number of nitrogens with zero attached hydrogens (tertiary/aromatic N) is 2. The van der Waals surface area contributed by atoms with Gasteiger partial charge in [-0.15, -0.1) is 0 Å². The Balaban J connectivity index is 1.24. The molecule has 1 fully saturated rings. The van der Waals surface area contributed by atoms with Crippen LogP contribution in [0.1, 0.15) is 39.5 Å². The number of nitrogens with one attached hydrogen (secondary N) is 1. The molecule has 188 valence electrons. The number of benzene rings is 2. The first-order valence-electron chi connectivity index (χ1n) is 12.9. The number of hydrogen-bond acceptors (Lipinski definition) is 6. The van der Waals surface area contributed by atoms with E-state index < -0.39 is 6.10 Å². The van der Waals surface area contributed by atoms with Gasteiger partial charge >= 0.3 is 0 Å². The summed E-state index contributed by atoms with van der Waals surface area (Å²) in [5.74, 6) is 1.45. The van der Waals surface area contributed by atoms with E-state index in [1.807, 2.05) is 24.3 Å². The van der Waals surface area contributed by atoms with Crippen LogP contribution in [0.4, 0.5) is 5.69 Å². The van der Waals surface area contributed by atoms with Gasteiger partial charge in [-0.05, 0) is 43.7 Å². The summed E-state index contributed by atoms with van der Waals surface area (Å²) in [6.45, 7) is 11.3. The largest absolute Gasteiger partial charge is 0.490 e. The summed E-state index contributed by atoms with van der Waals surface area (Å²) in [7, 11) is 0. The van der Waals surface area contributed by atoms with E-state index >= 15 is 0 Å². The molecule has 0 radical (unpaired) electrons. The number of unbranched alkanes of at least 4 members (excludes halogenated alkanes) is 3. The molecule has 0 aliphatic carbocycles. The molecule has 2 N–H and O–H groups in total. The molecule has 1 saturated heterocycles. The van der Waals surface area contributed by atoms with Gasteiger partial charge in [0.1, 0.15) is 12.7 Å². The maximum atomic E-state index is 10.1. The Bertz CT molecular complexity index is 794. The molecule has 1 heterocycles. The molecule has 3 rings (SSSR count). The summed E-state index contributed by atoms with van der Waals surface area (Å²) in [5.41, 5.74) is 1.34. The zero-order valence-electron chi connectivity index (χ0n) is 21.0. The number of para-hydroxylation sites is 3. The summed E-state index contributed by atoms with van der Waals surface area (Å²) in [6.07, 6.45) is 4.14. The smallest absolute Gasteiger partial charge is 0.161 e. The zero-order valence-corrected chi connectivity index (χ0v) is 21.0. The fraction of sp³-hybridized carbons (Fsp3) is 0.571. The molecular weight excluding hydrogens is 426 g/mol. The van der Waals surface area contributed by atoms with E-state index in [1.165, 1.54) is 31.5 Å². The van der Waals surface area contributed by atoms with Crippen molar-refractivity contribution in [2.45, 2.75) is 51.7 Å². The van der Waals surface area contributed by atoms with Gasteiger partial charge in [-0.25, -0.2) is 0 Å². The van der Waals surface area contributed by atoms with Gasteiger partial charge < -0.3 is 24.8 Å². The Morgan fingerprint density at radius 2 is 1.47 bits per heavy atom. The van der Waals surface area contributed by atoms with Crippen molar-refractivity contribution in [2.24, 2.45) is 0 Å². The lowest BCUT2D eigenvalue weighted by Crippen LogP contribution is -2.46. The van der Waals surface area contributed by atoms with E-state index in [0.717, 1.165) is 38.3 Å². The van der Waals surface area contributed by atoms with Crippen LogP contribution in [0.25, 0.3) is 0 Å². The zero-order chi connectivity index (χ0) is 24.0. The Hall–Kier alpha value is -2.28. The fourth-order valence-electron chi connectivity index (χ4n) is 4.15. The SMILES string of the molecule is CC(C)NCC(O)COc1ccccc1OCCCCCCN1CCN(c2ccccc2)CC1. The van der Waals surface area contributed by atoms with Crippen LogP contribution in [0.5, 0.6) is 11.5 Å². The number of aliphatic hydroxyl groups is 1. The summed E-state index contributed by atoms with van der Waals surface area (Å²) < 4.78 is 11.8. The van der Waals surface area contributed by atoms with Crippen LogP contribution in [0, 0.1) is 0 Å². The van der Waals surface area contributed by atoms with E-state index in [2.05, 4.69) is 59.3 Å². The molecule has 1 aliphatic rings. The maximum absolute atomic E-state index is 10.1. The molecule has 1 unspecified atom stereocenters. The molecule has 1 aliphatic heterocycles. The highest BCUT2D eigenvalue weighted by molar-refractivity contribution is 5.46. The number of piperazine rings is 1. The average molecular weight is 470 g/mol. The first kappa shape index (κ1) is 26.3. The van der Waals surface area contributed by atoms with Crippen LogP contribution in [0.15, 0.2) is 54.6 Å². The van der Waals surface area contributed by atoms with Crippen molar-refractivity contribution in [3.05, 3.63) is 54.6 Å². The molecule has 0 saturated carbocycles. The Kier molecular flexibility index (Phi) is 11.5. The highest BCUT2D eigenvalue weighted by atomic mass is 16.5. The normalized spacial score (nSPS) is 15.5. The third kappa shape index (κ3) is 9.53. The van der Waals surface area contributed by atoms with Gasteiger partial charge in [0.15, 0.2) is 11.5 Å². The molecule has 0 spiro atoms. The lowest BCUT2D eigenvalue weighted by Gasteiger charge is -2.36. The number of anilines is 1. The van der Waals surface area contributed by atoms with E-state index in [9.17, 15) is 5.11 Å². The van der Waals surface area contributed by atoms with Crippen molar-refractivity contribution in [3.8, 4) is 11.5 Å². The van der Waals surface area contributed by atoms with Crippen molar-refractivity contribution in [2.75, 3.05) is 57.4 Å².